The van der Waals surface area contributed by atoms with Gasteiger partial charge in [0.25, 0.3) is 5.91 Å². The van der Waals surface area contributed by atoms with Crippen LogP contribution < -0.4 is 5.32 Å². The number of anilines is 1. The second kappa shape index (κ2) is 8.22. The smallest absolute Gasteiger partial charge is 0.253 e. The van der Waals surface area contributed by atoms with Gasteiger partial charge in [-0.2, -0.15) is 5.10 Å². The molecule has 134 valence electrons. The standard InChI is InChI=1S/C18H24N4O3/c1-13(2)17(25-12-15-5-3-10-24-15)18(23)21-14-6-7-16(19-11-14)22-9-4-8-20-22/h4,6-9,11,13,15,17H,3,5,10,12H2,1-2H3,(H,21,23)/t15-,17+/m1/s1. The Labute approximate surface area is 147 Å². The molecule has 0 aromatic carbocycles. The number of aromatic nitrogens is 3. The van der Waals surface area contributed by atoms with Crippen LogP contribution in [0, 0.1) is 5.92 Å². The molecule has 1 fully saturated rings. The lowest BCUT2D eigenvalue weighted by Gasteiger charge is -2.22. The maximum Gasteiger partial charge on any atom is 0.253 e. The van der Waals surface area contributed by atoms with Gasteiger partial charge in [-0.1, -0.05) is 13.8 Å². The zero-order valence-electron chi connectivity index (χ0n) is 14.6. The van der Waals surface area contributed by atoms with Crippen LogP contribution in [0.5, 0.6) is 0 Å². The Balaban J connectivity index is 1.58. The van der Waals surface area contributed by atoms with Crippen LogP contribution in [0.2, 0.25) is 0 Å². The van der Waals surface area contributed by atoms with Crippen molar-refractivity contribution < 1.29 is 14.3 Å². The molecule has 1 aliphatic rings. The fourth-order valence-corrected chi connectivity index (χ4v) is 2.77. The Hall–Kier alpha value is -2.25. The van der Waals surface area contributed by atoms with Gasteiger partial charge in [-0.3, -0.25) is 4.79 Å². The third-order valence-corrected chi connectivity index (χ3v) is 4.10. The van der Waals surface area contributed by atoms with Crippen LogP contribution in [0.3, 0.4) is 0 Å². The molecule has 2 atom stereocenters. The van der Waals surface area contributed by atoms with Gasteiger partial charge in [0.2, 0.25) is 0 Å². The summed E-state index contributed by atoms with van der Waals surface area (Å²) in [6.45, 7) is 5.17. The molecule has 3 rings (SSSR count). The molecule has 1 aliphatic heterocycles. The molecule has 1 N–H and O–H groups in total. The number of hydrogen-bond acceptors (Lipinski definition) is 5. The average Bonchev–Trinajstić information content (AvgIpc) is 3.29. The van der Waals surface area contributed by atoms with Gasteiger partial charge in [-0.25, -0.2) is 9.67 Å². The lowest BCUT2D eigenvalue weighted by molar-refractivity contribution is -0.132. The quantitative estimate of drug-likeness (QED) is 0.834. The Bertz CT molecular complexity index is 664. The summed E-state index contributed by atoms with van der Waals surface area (Å²) >= 11 is 0. The van der Waals surface area contributed by atoms with Crippen molar-refractivity contribution in [3.8, 4) is 5.82 Å². The molecule has 7 nitrogen and oxygen atoms in total. The molecule has 2 aromatic rings. The first-order valence-electron chi connectivity index (χ1n) is 8.63. The molecule has 0 unspecified atom stereocenters. The summed E-state index contributed by atoms with van der Waals surface area (Å²) in [5, 5.41) is 7.00. The second-order valence-electron chi connectivity index (χ2n) is 6.48. The largest absolute Gasteiger partial charge is 0.376 e. The van der Waals surface area contributed by atoms with Gasteiger partial charge in [0.15, 0.2) is 5.82 Å². The zero-order valence-corrected chi connectivity index (χ0v) is 14.6. The molecular formula is C18H24N4O3. The minimum absolute atomic E-state index is 0.0673. The second-order valence-corrected chi connectivity index (χ2v) is 6.48. The van der Waals surface area contributed by atoms with E-state index in [1.165, 1.54) is 0 Å². The van der Waals surface area contributed by atoms with Gasteiger partial charge >= 0.3 is 0 Å². The SMILES string of the molecule is CC(C)[C@H](OC[C@H]1CCCO1)C(=O)Nc1ccc(-n2cccn2)nc1. The van der Waals surface area contributed by atoms with E-state index in [1.54, 1.807) is 29.2 Å². The van der Waals surface area contributed by atoms with Crippen molar-refractivity contribution in [2.24, 2.45) is 5.92 Å². The van der Waals surface area contributed by atoms with Crippen LogP contribution in [0.25, 0.3) is 5.82 Å². The van der Waals surface area contributed by atoms with E-state index in [2.05, 4.69) is 15.4 Å². The first kappa shape index (κ1) is 17.6. The van der Waals surface area contributed by atoms with E-state index in [0.717, 1.165) is 19.4 Å². The van der Waals surface area contributed by atoms with Crippen LogP contribution in [0.1, 0.15) is 26.7 Å². The van der Waals surface area contributed by atoms with E-state index in [-0.39, 0.29) is 17.9 Å². The summed E-state index contributed by atoms with van der Waals surface area (Å²) in [4.78, 5) is 16.9. The molecule has 0 spiro atoms. The summed E-state index contributed by atoms with van der Waals surface area (Å²) in [5.74, 6) is 0.595. The van der Waals surface area contributed by atoms with Crippen LogP contribution in [0.15, 0.2) is 36.8 Å². The predicted molar refractivity (Wildman–Crippen MR) is 93.5 cm³/mol. The maximum absolute atomic E-state index is 12.6. The highest BCUT2D eigenvalue weighted by Crippen LogP contribution is 2.17. The van der Waals surface area contributed by atoms with Crippen molar-refractivity contribution in [1.29, 1.82) is 0 Å². The molecular weight excluding hydrogens is 320 g/mol. The van der Waals surface area contributed by atoms with Crippen molar-refractivity contribution in [3.05, 3.63) is 36.8 Å². The fraction of sp³-hybridized carbons (Fsp3) is 0.500. The molecule has 0 saturated carbocycles. The van der Waals surface area contributed by atoms with Crippen molar-refractivity contribution in [2.75, 3.05) is 18.5 Å². The van der Waals surface area contributed by atoms with Gasteiger partial charge in [0, 0.05) is 19.0 Å². The van der Waals surface area contributed by atoms with Crippen LogP contribution in [-0.2, 0) is 14.3 Å². The Morgan fingerprint density at radius 2 is 2.36 bits per heavy atom. The van der Waals surface area contributed by atoms with E-state index in [0.29, 0.717) is 18.1 Å². The minimum atomic E-state index is -0.519. The fourth-order valence-electron chi connectivity index (χ4n) is 2.77. The van der Waals surface area contributed by atoms with Gasteiger partial charge in [0.1, 0.15) is 6.10 Å². The molecule has 7 heteroatoms. The third-order valence-electron chi connectivity index (χ3n) is 4.10. The predicted octanol–water partition coefficient (Wildman–Crippen LogP) is 2.43. The monoisotopic (exact) mass is 344 g/mol. The molecule has 1 amide bonds. The van der Waals surface area contributed by atoms with Gasteiger partial charge in [-0.15, -0.1) is 0 Å². The van der Waals surface area contributed by atoms with E-state index in [4.69, 9.17) is 9.47 Å². The molecule has 1 saturated heterocycles. The van der Waals surface area contributed by atoms with Gasteiger partial charge in [-0.05, 0) is 37.0 Å². The lowest BCUT2D eigenvalue weighted by atomic mass is 10.1. The number of ether oxygens (including phenoxy) is 2. The summed E-state index contributed by atoms with van der Waals surface area (Å²) < 4.78 is 13.0. The molecule has 0 radical (unpaired) electrons. The molecule has 3 heterocycles. The van der Waals surface area contributed by atoms with Crippen LogP contribution in [0.4, 0.5) is 5.69 Å². The molecule has 25 heavy (non-hydrogen) atoms. The number of amides is 1. The van der Waals surface area contributed by atoms with Gasteiger partial charge in [0.05, 0.1) is 24.6 Å². The summed E-state index contributed by atoms with van der Waals surface area (Å²) in [6.07, 6.45) is 6.75. The Kier molecular flexibility index (Phi) is 5.78. The molecule has 0 bridgehead atoms. The van der Waals surface area contributed by atoms with Crippen molar-refractivity contribution in [1.82, 2.24) is 14.8 Å². The first-order chi connectivity index (χ1) is 12.1. The van der Waals surface area contributed by atoms with Crippen molar-refractivity contribution in [3.63, 3.8) is 0 Å². The first-order valence-corrected chi connectivity index (χ1v) is 8.63. The number of rotatable bonds is 7. The number of pyridine rings is 1. The van der Waals surface area contributed by atoms with E-state index in [1.807, 2.05) is 26.1 Å². The third kappa shape index (κ3) is 4.64. The molecule has 2 aromatic heterocycles. The van der Waals surface area contributed by atoms with Crippen LogP contribution >= 0.6 is 0 Å². The summed E-state index contributed by atoms with van der Waals surface area (Å²) in [5.41, 5.74) is 0.632. The van der Waals surface area contributed by atoms with Crippen LogP contribution in [-0.4, -0.2) is 46.1 Å². The lowest BCUT2D eigenvalue weighted by Crippen LogP contribution is -2.36. The Morgan fingerprint density at radius 1 is 1.48 bits per heavy atom. The Morgan fingerprint density at radius 3 is 2.96 bits per heavy atom. The molecule has 0 aliphatic carbocycles. The number of nitrogens with zero attached hydrogens (tertiary/aromatic N) is 3. The van der Waals surface area contributed by atoms with E-state index < -0.39 is 6.10 Å². The number of hydrogen-bond donors (Lipinski definition) is 1. The average molecular weight is 344 g/mol. The zero-order chi connectivity index (χ0) is 17.6. The summed E-state index contributed by atoms with van der Waals surface area (Å²) in [6, 6.07) is 5.44. The normalized spacial score (nSPS) is 18.4. The van der Waals surface area contributed by atoms with E-state index >= 15 is 0 Å². The van der Waals surface area contributed by atoms with Crippen molar-refractivity contribution >= 4 is 11.6 Å². The number of carbonyl (C=O) groups excluding carboxylic acids is 1. The number of carbonyl (C=O) groups is 1. The highest BCUT2D eigenvalue weighted by Gasteiger charge is 2.26. The van der Waals surface area contributed by atoms with E-state index in [9.17, 15) is 4.79 Å². The van der Waals surface area contributed by atoms with Crippen molar-refractivity contribution in [2.45, 2.75) is 38.9 Å². The summed E-state index contributed by atoms with van der Waals surface area (Å²) in [7, 11) is 0. The highest BCUT2D eigenvalue weighted by molar-refractivity contribution is 5.94. The maximum atomic E-state index is 12.6. The number of nitrogens with one attached hydrogen (secondary N) is 1. The minimum Gasteiger partial charge on any atom is -0.376 e. The van der Waals surface area contributed by atoms with Gasteiger partial charge < -0.3 is 14.8 Å². The topological polar surface area (TPSA) is 78.3 Å². The highest BCUT2D eigenvalue weighted by atomic mass is 16.5.